The summed E-state index contributed by atoms with van der Waals surface area (Å²) in [4.78, 5) is 10.2. The summed E-state index contributed by atoms with van der Waals surface area (Å²) in [6.07, 6.45) is 1.82. The van der Waals surface area contributed by atoms with Crippen LogP contribution in [0.3, 0.4) is 0 Å². The van der Waals surface area contributed by atoms with Crippen LogP contribution in [0.2, 0.25) is 0 Å². The molecule has 0 heterocycles. The van der Waals surface area contributed by atoms with Crippen molar-refractivity contribution in [2.24, 2.45) is 0 Å². The van der Waals surface area contributed by atoms with Crippen LogP contribution in [-0.2, 0) is 4.79 Å². The Bertz CT molecular complexity index is 72.8. The molecule has 0 saturated carbocycles. The molecule has 0 saturated heterocycles. The van der Waals surface area contributed by atoms with E-state index in [1.807, 2.05) is 0 Å². The van der Waals surface area contributed by atoms with Crippen molar-refractivity contribution in [3.05, 3.63) is 6.92 Å². The van der Waals surface area contributed by atoms with Gasteiger partial charge >= 0.3 is 0 Å². The zero-order chi connectivity index (χ0) is 6.41. The second-order valence-corrected chi connectivity index (χ2v) is 1.49. The maximum Gasteiger partial charge on any atom is 0.243 e. The van der Waals surface area contributed by atoms with E-state index >= 15 is 0 Å². The van der Waals surface area contributed by atoms with Gasteiger partial charge in [0, 0.05) is 6.42 Å². The van der Waals surface area contributed by atoms with E-state index in [0.717, 1.165) is 12.8 Å². The van der Waals surface area contributed by atoms with E-state index < -0.39 is 0 Å². The Balaban J connectivity index is 2.99. The molecule has 3 nitrogen and oxygen atoms in total. The molecule has 0 aromatic rings. The molecule has 2 N–H and O–H groups in total. The topological polar surface area (TPSA) is 49.3 Å². The van der Waals surface area contributed by atoms with E-state index in [9.17, 15) is 4.79 Å². The number of nitrogens with one attached hydrogen (secondary N) is 1. The van der Waals surface area contributed by atoms with Gasteiger partial charge in [0.15, 0.2) is 0 Å². The molecule has 0 aliphatic carbocycles. The lowest BCUT2D eigenvalue weighted by Gasteiger charge is -1.92. The summed E-state index contributed by atoms with van der Waals surface area (Å²) in [5.41, 5.74) is 1.53. The van der Waals surface area contributed by atoms with Crippen molar-refractivity contribution in [1.82, 2.24) is 5.48 Å². The predicted octanol–water partition coefficient (Wildman–Crippen LogP) is 0.496. The average Bonchev–Trinajstić information content (AvgIpc) is 1.83. The highest BCUT2D eigenvalue weighted by Crippen LogP contribution is 1.90. The molecule has 0 rings (SSSR count). The standard InChI is InChI=1S/C5H10NO2/c1-2-3-4-5(7)6-8/h8H,1-4H2,(H,6,7). The fourth-order valence-corrected chi connectivity index (χ4v) is 0.341. The Morgan fingerprint density at radius 2 is 2.38 bits per heavy atom. The van der Waals surface area contributed by atoms with Crippen LogP contribution in [0.1, 0.15) is 19.3 Å². The Morgan fingerprint density at radius 3 is 2.75 bits per heavy atom. The van der Waals surface area contributed by atoms with Gasteiger partial charge in [-0.1, -0.05) is 13.3 Å². The monoisotopic (exact) mass is 116 g/mol. The van der Waals surface area contributed by atoms with Gasteiger partial charge in [0.05, 0.1) is 0 Å². The summed E-state index contributed by atoms with van der Waals surface area (Å²) in [5.74, 6) is -0.339. The Hall–Kier alpha value is -0.570. The van der Waals surface area contributed by atoms with Gasteiger partial charge < -0.3 is 0 Å². The van der Waals surface area contributed by atoms with Crippen LogP contribution in [0.5, 0.6) is 0 Å². The molecule has 0 unspecified atom stereocenters. The summed E-state index contributed by atoms with van der Waals surface area (Å²) in [5, 5.41) is 7.94. The van der Waals surface area contributed by atoms with Crippen molar-refractivity contribution in [2.75, 3.05) is 0 Å². The van der Waals surface area contributed by atoms with Crippen molar-refractivity contribution in [3.8, 4) is 0 Å². The summed E-state index contributed by atoms with van der Waals surface area (Å²) < 4.78 is 0. The third-order valence-electron chi connectivity index (χ3n) is 0.779. The van der Waals surface area contributed by atoms with Gasteiger partial charge in [-0.05, 0) is 6.42 Å². The molecule has 0 aromatic heterocycles. The van der Waals surface area contributed by atoms with Crippen molar-refractivity contribution in [1.29, 1.82) is 0 Å². The number of hydroxylamine groups is 1. The Labute approximate surface area is 48.7 Å². The fraction of sp³-hybridized carbons (Fsp3) is 0.600. The van der Waals surface area contributed by atoms with Gasteiger partial charge in [-0.25, -0.2) is 5.48 Å². The average molecular weight is 116 g/mol. The summed E-state index contributed by atoms with van der Waals surface area (Å²) in [6, 6.07) is 0. The van der Waals surface area contributed by atoms with Gasteiger partial charge in [0.2, 0.25) is 5.91 Å². The quantitative estimate of drug-likeness (QED) is 0.416. The van der Waals surface area contributed by atoms with Crippen LogP contribution >= 0.6 is 0 Å². The molecule has 0 aliphatic rings. The first kappa shape index (κ1) is 7.43. The van der Waals surface area contributed by atoms with E-state index in [4.69, 9.17) is 5.21 Å². The van der Waals surface area contributed by atoms with Crippen molar-refractivity contribution < 1.29 is 10.0 Å². The molecule has 3 heteroatoms. The van der Waals surface area contributed by atoms with E-state index in [2.05, 4.69) is 6.92 Å². The molecule has 0 atom stereocenters. The Morgan fingerprint density at radius 1 is 1.75 bits per heavy atom. The lowest BCUT2D eigenvalue weighted by atomic mass is 10.2. The number of carbonyl (C=O) groups excluding carboxylic acids is 1. The number of carbonyl (C=O) groups is 1. The van der Waals surface area contributed by atoms with Crippen molar-refractivity contribution in [3.63, 3.8) is 0 Å². The second kappa shape index (κ2) is 4.59. The molecule has 0 aromatic carbocycles. The highest BCUT2D eigenvalue weighted by molar-refractivity contribution is 5.74. The largest absolute Gasteiger partial charge is 0.289 e. The lowest BCUT2D eigenvalue weighted by molar-refractivity contribution is -0.129. The highest BCUT2D eigenvalue weighted by Gasteiger charge is 1.94. The van der Waals surface area contributed by atoms with E-state index in [-0.39, 0.29) is 5.91 Å². The van der Waals surface area contributed by atoms with Gasteiger partial charge in [-0.15, -0.1) is 0 Å². The third kappa shape index (κ3) is 3.61. The molecule has 8 heavy (non-hydrogen) atoms. The van der Waals surface area contributed by atoms with Crippen LogP contribution in [0.15, 0.2) is 0 Å². The third-order valence-corrected chi connectivity index (χ3v) is 0.779. The van der Waals surface area contributed by atoms with Crippen molar-refractivity contribution in [2.45, 2.75) is 19.3 Å². The summed E-state index contributed by atoms with van der Waals surface area (Å²) >= 11 is 0. The van der Waals surface area contributed by atoms with Gasteiger partial charge in [0.1, 0.15) is 0 Å². The predicted molar refractivity (Wildman–Crippen MR) is 29.1 cm³/mol. The molecule has 1 radical (unpaired) electrons. The normalized spacial score (nSPS) is 8.75. The number of unbranched alkanes of at least 4 members (excludes halogenated alkanes) is 1. The number of hydrogen-bond donors (Lipinski definition) is 2. The van der Waals surface area contributed by atoms with Crippen LogP contribution in [0, 0.1) is 6.92 Å². The van der Waals surface area contributed by atoms with Crippen LogP contribution in [-0.4, -0.2) is 11.1 Å². The van der Waals surface area contributed by atoms with Crippen LogP contribution in [0.4, 0.5) is 0 Å². The molecule has 1 amide bonds. The van der Waals surface area contributed by atoms with Crippen molar-refractivity contribution >= 4 is 5.91 Å². The van der Waals surface area contributed by atoms with E-state index in [0.29, 0.717) is 6.42 Å². The zero-order valence-electron chi connectivity index (χ0n) is 4.68. The molecular formula is C5H10NO2. The molecular weight excluding hydrogens is 106 g/mol. The first-order chi connectivity index (χ1) is 3.81. The molecule has 0 spiro atoms. The van der Waals surface area contributed by atoms with Crippen LogP contribution in [0.25, 0.3) is 0 Å². The highest BCUT2D eigenvalue weighted by atomic mass is 16.5. The molecule has 0 fully saturated rings. The van der Waals surface area contributed by atoms with E-state index in [1.165, 1.54) is 5.48 Å². The lowest BCUT2D eigenvalue weighted by Crippen LogP contribution is -2.17. The smallest absolute Gasteiger partial charge is 0.243 e. The maximum atomic E-state index is 10.2. The molecule has 0 aliphatic heterocycles. The minimum absolute atomic E-state index is 0.339. The molecule has 0 bridgehead atoms. The van der Waals surface area contributed by atoms with E-state index in [1.54, 1.807) is 0 Å². The Kier molecular flexibility index (Phi) is 4.26. The summed E-state index contributed by atoms with van der Waals surface area (Å²) in [6.45, 7) is 3.53. The number of rotatable bonds is 3. The van der Waals surface area contributed by atoms with Gasteiger partial charge in [0.25, 0.3) is 0 Å². The number of hydrogen-bond acceptors (Lipinski definition) is 2. The second-order valence-electron chi connectivity index (χ2n) is 1.49. The first-order valence-corrected chi connectivity index (χ1v) is 2.53. The zero-order valence-corrected chi connectivity index (χ0v) is 4.68. The SMILES string of the molecule is [CH2]CCCC(=O)NO. The summed E-state index contributed by atoms with van der Waals surface area (Å²) in [7, 11) is 0. The number of amides is 1. The first-order valence-electron chi connectivity index (χ1n) is 2.53. The van der Waals surface area contributed by atoms with Crippen LogP contribution < -0.4 is 5.48 Å². The van der Waals surface area contributed by atoms with Gasteiger partial charge in [-0.2, -0.15) is 0 Å². The minimum atomic E-state index is -0.339. The molecule has 47 valence electrons. The minimum Gasteiger partial charge on any atom is -0.289 e. The maximum absolute atomic E-state index is 10.2. The fourth-order valence-electron chi connectivity index (χ4n) is 0.341. The van der Waals surface area contributed by atoms with Gasteiger partial charge in [-0.3, -0.25) is 10.0 Å².